The Balaban J connectivity index is 5.13. The van der Waals surface area contributed by atoms with Crippen LogP contribution in [0.15, 0.2) is 0 Å². The zero-order valence-electron chi connectivity index (χ0n) is 10.5. The maximum absolute atomic E-state index is 11.3. The molecule has 6 nitrogen and oxygen atoms in total. The summed E-state index contributed by atoms with van der Waals surface area (Å²) in [4.78, 5) is 0. The van der Waals surface area contributed by atoms with Crippen molar-refractivity contribution in [3.05, 3.63) is 0 Å². The Kier molecular flexibility index (Phi) is 7.18. The van der Waals surface area contributed by atoms with Crippen molar-refractivity contribution < 1.29 is 27.7 Å². The zero-order valence-corrected chi connectivity index (χ0v) is 11.4. The molecule has 0 saturated heterocycles. The van der Waals surface area contributed by atoms with E-state index in [1.807, 2.05) is 6.92 Å². The van der Waals surface area contributed by atoms with Gasteiger partial charge in [0.1, 0.15) is 13.1 Å². The summed E-state index contributed by atoms with van der Waals surface area (Å²) in [7, 11) is -4.19. The highest BCUT2D eigenvalue weighted by atomic mass is 32.2. The van der Waals surface area contributed by atoms with E-state index in [1.54, 1.807) is 0 Å². The van der Waals surface area contributed by atoms with Crippen molar-refractivity contribution in [3.63, 3.8) is 0 Å². The summed E-state index contributed by atoms with van der Waals surface area (Å²) in [5, 5.41) is 17.1. The number of aliphatic hydroxyl groups excluding tert-OH is 2. The summed E-state index contributed by atoms with van der Waals surface area (Å²) in [6.07, 6.45) is 1.66. The van der Waals surface area contributed by atoms with Gasteiger partial charge in [0.15, 0.2) is 0 Å². The molecular weight excluding hydrogens is 246 g/mol. The van der Waals surface area contributed by atoms with Crippen LogP contribution in [0.1, 0.15) is 26.7 Å². The maximum atomic E-state index is 11.3. The quantitative estimate of drug-likeness (QED) is 0.399. The van der Waals surface area contributed by atoms with Crippen molar-refractivity contribution in [2.45, 2.75) is 32.1 Å². The molecule has 0 amide bonds. The van der Waals surface area contributed by atoms with E-state index in [1.165, 1.54) is 6.92 Å². The third-order valence-corrected chi connectivity index (χ3v) is 4.56. The van der Waals surface area contributed by atoms with Crippen LogP contribution in [-0.2, 0) is 10.1 Å². The normalized spacial score (nSPS) is 14.9. The van der Waals surface area contributed by atoms with E-state index < -0.39 is 15.5 Å². The van der Waals surface area contributed by atoms with Gasteiger partial charge >= 0.3 is 10.1 Å². The summed E-state index contributed by atoms with van der Waals surface area (Å²) >= 11 is 0. The molecule has 0 aliphatic heterocycles. The first-order chi connectivity index (χ1) is 7.84. The second kappa shape index (κ2) is 7.27. The van der Waals surface area contributed by atoms with Gasteiger partial charge in [-0.25, -0.2) is 0 Å². The molecule has 1 unspecified atom stereocenters. The number of unbranched alkanes of at least 4 members (excludes halogenated alkanes) is 1. The smallest absolute Gasteiger partial charge is 0.319 e. The van der Waals surface area contributed by atoms with Crippen LogP contribution in [0.2, 0.25) is 0 Å². The monoisotopic (exact) mass is 270 g/mol. The minimum atomic E-state index is -4.19. The molecule has 0 aromatic carbocycles. The Morgan fingerprint density at radius 1 is 1.12 bits per heavy atom. The van der Waals surface area contributed by atoms with Crippen LogP contribution < -0.4 is 0 Å². The SMILES string of the molecule is CCCC[N+](CCO)(CCO)C(C)S(=O)(=O)O. The minimum absolute atomic E-state index is 0.000324. The van der Waals surface area contributed by atoms with Crippen LogP contribution in [0.25, 0.3) is 0 Å². The highest BCUT2D eigenvalue weighted by molar-refractivity contribution is 7.86. The van der Waals surface area contributed by atoms with Gasteiger partial charge in [-0.15, -0.1) is 0 Å². The van der Waals surface area contributed by atoms with Crippen molar-refractivity contribution >= 4 is 10.1 Å². The van der Waals surface area contributed by atoms with Crippen LogP contribution in [0.3, 0.4) is 0 Å². The Hall–Kier alpha value is -0.210. The van der Waals surface area contributed by atoms with Gasteiger partial charge in [-0.05, 0) is 6.42 Å². The van der Waals surface area contributed by atoms with Crippen molar-refractivity contribution in [1.29, 1.82) is 0 Å². The summed E-state index contributed by atoms with van der Waals surface area (Å²) in [6.45, 7) is 3.97. The summed E-state index contributed by atoms with van der Waals surface area (Å²) in [5.74, 6) is 0. The van der Waals surface area contributed by atoms with E-state index in [0.29, 0.717) is 6.54 Å². The average Bonchev–Trinajstić information content (AvgIpc) is 2.24. The first-order valence-electron chi connectivity index (χ1n) is 5.88. The van der Waals surface area contributed by atoms with Gasteiger partial charge in [-0.3, -0.25) is 4.55 Å². The lowest BCUT2D eigenvalue weighted by atomic mass is 10.2. The van der Waals surface area contributed by atoms with Crippen molar-refractivity contribution in [1.82, 2.24) is 0 Å². The number of hydrogen-bond donors (Lipinski definition) is 3. The Morgan fingerprint density at radius 2 is 1.59 bits per heavy atom. The van der Waals surface area contributed by atoms with E-state index >= 15 is 0 Å². The van der Waals surface area contributed by atoms with Crippen molar-refractivity contribution in [2.24, 2.45) is 0 Å². The van der Waals surface area contributed by atoms with Gasteiger partial charge in [0.2, 0.25) is 5.37 Å². The molecule has 0 aliphatic rings. The van der Waals surface area contributed by atoms with Crippen LogP contribution in [0.4, 0.5) is 0 Å². The molecular formula is C10H24NO5S+. The molecule has 0 fully saturated rings. The second-order valence-corrected chi connectivity index (χ2v) is 6.02. The fourth-order valence-electron chi connectivity index (χ4n) is 2.03. The molecule has 0 radical (unpaired) electrons. The molecule has 0 saturated carbocycles. The predicted molar refractivity (Wildman–Crippen MR) is 65.0 cm³/mol. The number of hydrogen-bond acceptors (Lipinski definition) is 4. The minimum Gasteiger partial charge on any atom is -0.391 e. The van der Waals surface area contributed by atoms with E-state index in [-0.39, 0.29) is 30.8 Å². The highest BCUT2D eigenvalue weighted by Gasteiger charge is 2.40. The first kappa shape index (κ1) is 16.8. The Labute approximate surface area is 103 Å². The van der Waals surface area contributed by atoms with Gasteiger partial charge in [-0.2, -0.15) is 8.42 Å². The number of rotatable bonds is 9. The van der Waals surface area contributed by atoms with Gasteiger partial charge < -0.3 is 14.7 Å². The van der Waals surface area contributed by atoms with Gasteiger partial charge in [0.25, 0.3) is 0 Å². The molecule has 17 heavy (non-hydrogen) atoms. The zero-order chi connectivity index (χ0) is 13.5. The topological polar surface area (TPSA) is 94.8 Å². The van der Waals surface area contributed by atoms with Gasteiger partial charge in [0, 0.05) is 6.92 Å². The third kappa shape index (κ3) is 4.89. The fourth-order valence-corrected chi connectivity index (χ4v) is 2.92. The first-order valence-corrected chi connectivity index (χ1v) is 7.38. The van der Waals surface area contributed by atoms with Crippen molar-refractivity contribution in [3.8, 4) is 0 Å². The van der Waals surface area contributed by atoms with Gasteiger partial charge in [0.05, 0.1) is 19.8 Å². The van der Waals surface area contributed by atoms with Crippen LogP contribution in [-0.4, -0.2) is 65.9 Å². The van der Waals surface area contributed by atoms with Gasteiger partial charge in [-0.1, -0.05) is 13.3 Å². The predicted octanol–water partition coefficient (Wildman–Crippen LogP) is -0.178. The van der Waals surface area contributed by atoms with E-state index in [9.17, 15) is 8.42 Å². The molecule has 0 aromatic rings. The fraction of sp³-hybridized carbons (Fsp3) is 1.00. The third-order valence-electron chi connectivity index (χ3n) is 3.25. The summed E-state index contributed by atoms with van der Waals surface area (Å²) in [6, 6.07) is 0. The molecule has 104 valence electrons. The summed E-state index contributed by atoms with van der Waals surface area (Å²) in [5.41, 5.74) is 0. The van der Waals surface area contributed by atoms with Crippen LogP contribution in [0.5, 0.6) is 0 Å². The number of nitrogens with zero attached hydrogens (tertiary/aromatic N) is 1. The molecule has 3 N–H and O–H groups in total. The molecule has 0 heterocycles. The maximum Gasteiger partial charge on any atom is 0.319 e. The largest absolute Gasteiger partial charge is 0.391 e. The lowest BCUT2D eigenvalue weighted by Crippen LogP contribution is -2.60. The number of quaternary nitrogens is 1. The van der Waals surface area contributed by atoms with Crippen LogP contribution in [0, 0.1) is 0 Å². The lowest BCUT2D eigenvalue weighted by molar-refractivity contribution is -0.937. The Morgan fingerprint density at radius 3 is 1.88 bits per heavy atom. The van der Waals surface area contributed by atoms with E-state index in [4.69, 9.17) is 14.8 Å². The highest BCUT2D eigenvalue weighted by Crippen LogP contribution is 2.19. The van der Waals surface area contributed by atoms with Crippen LogP contribution >= 0.6 is 0 Å². The molecule has 0 spiro atoms. The van der Waals surface area contributed by atoms with Crippen molar-refractivity contribution in [2.75, 3.05) is 32.8 Å². The second-order valence-electron chi connectivity index (χ2n) is 4.30. The average molecular weight is 270 g/mol. The molecule has 0 aromatic heterocycles. The molecule has 0 rings (SSSR count). The molecule has 0 bridgehead atoms. The number of aliphatic hydroxyl groups is 2. The standard InChI is InChI=1S/C10H23NO5S/c1-3-4-5-11(6-8-12,7-9-13)10(2)17(14,15)16/h10,12-13H,3-9H2,1-2H3/p+1. The Bertz CT molecular complexity index is 298. The molecule has 1 atom stereocenters. The molecule has 7 heteroatoms. The summed E-state index contributed by atoms with van der Waals surface area (Å²) < 4.78 is 31.7. The van der Waals surface area contributed by atoms with E-state index in [0.717, 1.165) is 12.8 Å². The van der Waals surface area contributed by atoms with E-state index in [2.05, 4.69) is 0 Å². The lowest BCUT2D eigenvalue weighted by Gasteiger charge is -2.41. The molecule has 0 aliphatic carbocycles.